The first-order valence-electron chi connectivity index (χ1n) is 11.0. The lowest BCUT2D eigenvalue weighted by Crippen LogP contribution is -2.18. The summed E-state index contributed by atoms with van der Waals surface area (Å²) in [5.74, 6) is 0. The highest BCUT2D eigenvalue weighted by atomic mass is 15.2. The van der Waals surface area contributed by atoms with Gasteiger partial charge in [0, 0.05) is 28.9 Å². The molecule has 4 aromatic carbocycles. The van der Waals surface area contributed by atoms with Crippen molar-refractivity contribution in [3.05, 3.63) is 132 Å². The summed E-state index contributed by atoms with van der Waals surface area (Å²) in [4.78, 5) is 7.44. The van der Waals surface area contributed by atoms with Crippen LogP contribution in [0.5, 0.6) is 0 Å². The van der Waals surface area contributed by atoms with E-state index in [1.807, 2.05) is 12.1 Å². The minimum Gasteiger partial charge on any atom is -0.310 e. The summed E-state index contributed by atoms with van der Waals surface area (Å²) in [6.07, 6.45) is 0.949. The van der Waals surface area contributed by atoms with Crippen LogP contribution in [-0.4, -0.2) is 4.98 Å². The van der Waals surface area contributed by atoms with Crippen molar-refractivity contribution in [3.63, 3.8) is 0 Å². The van der Waals surface area contributed by atoms with Gasteiger partial charge in [-0.2, -0.15) is 0 Å². The molecule has 0 N–H and O–H groups in total. The van der Waals surface area contributed by atoms with Crippen molar-refractivity contribution in [2.45, 2.75) is 6.42 Å². The van der Waals surface area contributed by atoms with Crippen molar-refractivity contribution in [2.75, 3.05) is 4.90 Å². The molecule has 0 aliphatic carbocycles. The number of hydrogen-bond acceptors (Lipinski definition) is 2. The number of fused-ring (bicyclic) bond motifs is 2. The van der Waals surface area contributed by atoms with Crippen molar-refractivity contribution in [3.8, 4) is 22.5 Å². The fraction of sp³-hybridized carbons (Fsp3) is 0.0333. The number of pyridine rings is 1. The predicted molar refractivity (Wildman–Crippen MR) is 133 cm³/mol. The monoisotopic (exact) mass is 410 g/mol. The molecule has 5 aromatic rings. The summed E-state index contributed by atoms with van der Waals surface area (Å²) in [6, 6.07) is 42.7. The van der Waals surface area contributed by atoms with E-state index in [9.17, 15) is 0 Å². The fourth-order valence-electron chi connectivity index (χ4n) is 4.53. The largest absolute Gasteiger partial charge is 0.310 e. The molecule has 1 aliphatic heterocycles. The van der Waals surface area contributed by atoms with Crippen LogP contribution in [0, 0.1) is 0 Å². The van der Waals surface area contributed by atoms with Crippen LogP contribution in [0.15, 0.2) is 121 Å². The Labute approximate surface area is 188 Å². The zero-order chi connectivity index (χ0) is 21.3. The van der Waals surface area contributed by atoms with E-state index in [0.29, 0.717) is 0 Å². The maximum Gasteiger partial charge on any atom is 0.0730 e. The van der Waals surface area contributed by atoms with E-state index in [4.69, 9.17) is 4.98 Å². The van der Waals surface area contributed by atoms with Crippen LogP contribution in [0.4, 0.5) is 17.1 Å². The molecular weight excluding hydrogens is 388 g/mol. The Morgan fingerprint density at radius 2 is 0.938 bits per heavy atom. The summed E-state index contributed by atoms with van der Waals surface area (Å²) in [7, 11) is 0. The molecule has 6 rings (SSSR count). The van der Waals surface area contributed by atoms with Crippen LogP contribution in [-0.2, 0) is 6.42 Å². The molecule has 2 heterocycles. The SMILES string of the molecule is c1ccc(-c2cc(N3c4ccccc4Cc4ccccc43)cc(-c3ccccc3)n2)cc1. The molecular formula is C30H22N2. The van der Waals surface area contributed by atoms with Gasteiger partial charge in [-0.1, -0.05) is 97.1 Å². The second-order valence-electron chi connectivity index (χ2n) is 8.10. The Kier molecular flexibility index (Phi) is 4.54. The maximum atomic E-state index is 5.05. The Hall–Kier alpha value is -4.17. The zero-order valence-corrected chi connectivity index (χ0v) is 17.6. The molecule has 0 radical (unpaired) electrons. The summed E-state index contributed by atoms with van der Waals surface area (Å²) >= 11 is 0. The van der Waals surface area contributed by atoms with Crippen molar-refractivity contribution >= 4 is 17.1 Å². The molecule has 0 fully saturated rings. The lowest BCUT2D eigenvalue weighted by atomic mass is 9.94. The van der Waals surface area contributed by atoms with Gasteiger partial charge in [0.2, 0.25) is 0 Å². The zero-order valence-electron chi connectivity index (χ0n) is 17.6. The van der Waals surface area contributed by atoms with E-state index in [2.05, 4.69) is 114 Å². The van der Waals surface area contributed by atoms with Crippen LogP contribution in [0.3, 0.4) is 0 Å². The predicted octanol–water partition coefficient (Wildman–Crippen LogP) is 7.79. The molecule has 0 bridgehead atoms. The first-order chi connectivity index (χ1) is 15.9. The molecule has 0 atom stereocenters. The fourth-order valence-corrected chi connectivity index (χ4v) is 4.53. The standard InChI is InChI=1S/C30H22N2/c1-3-11-22(12-4-1)27-20-26(21-28(31-27)23-13-5-2-6-14-23)32-29-17-9-7-15-24(29)19-25-16-8-10-18-30(25)32/h1-18,20-21H,19H2. The Bertz CT molecular complexity index is 1290. The van der Waals surface area contributed by atoms with Crippen molar-refractivity contribution < 1.29 is 0 Å². The second-order valence-corrected chi connectivity index (χ2v) is 8.10. The Morgan fingerprint density at radius 3 is 1.44 bits per heavy atom. The third kappa shape index (κ3) is 3.27. The van der Waals surface area contributed by atoms with E-state index in [1.165, 1.54) is 22.5 Å². The first kappa shape index (κ1) is 18.6. The van der Waals surface area contributed by atoms with Crippen LogP contribution in [0.2, 0.25) is 0 Å². The number of rotatable bonds is 3. The lowest BCUT2D eigenvalue weighted by Gasteiger charge is -2.34. The molecule has 0 saturated heterocycles. The molecule has 0 spiro atoms. The van der Waals surface area contributed by atoms with E-state index in [-0.39, 0.29) is 0 Å². The summed E-state index contributed by atoms with van der Waals surface area (Å²) in [5, 5.41) is 0. The van der Waals surface area contributed by atoms with Gasteiger partial charge in [-0.25, -0.2) is 4.98 Å². The van der Waals surface area contributed by atoms with Crippen LogP contribution >= 0.6 is 0 Å². The lowest BCUT2D eigenvalue weighted by molar-refractivity contribution is 1.08. The third-order valence-corrected chi connectivity index (χ3v) is 6.05. The minimum absolute atomic E-state index is 0.949. The highest BCUT2D eigenvalue weighted by Gasteiger charge is 2.24. The second kappa shape index (κ2) is 7.82. The highest BCUT2D eigenvalue weighted by molar-refractivity contribution is 5.86. The average molecular weight is 411 g/mol. The normalized spacial score (nSPS) is 12.2. The van der Waals surface area contributed by atoms with Crippen LogP contribution in [0.25, 0.3) is 22.5 Å². The smallest absolute Gasteiger partial charge is 0.0730 e. The highest BCUT2D eigenvalue weighted by Crippen LogP contribution is 2.45. The van der Waals surface area contributed by atoms with Gasteiger partial charge in [-0.15, -0.1) is 0 Å². The van der Waals surface area contributed by atoms with Gasteiger partial charge < -0.3 is 4.90 Å². The minimum atomic E-state index is 0.949. The van der Waals surface area contributed by atoms with Gasteiger partial charge >= 0.3 is 0 Å². The van der Waals surface area contributed by atoms with Crippen LogP contribution in [0.1, 0.15) is 11.1 Å². The molecule has 2 heteroatoms. The number of aromatic nitrogens is 1. The average Bonchev–Trinajstić information content (AvgIpc) is 2.88. The number of hydrogen-bond donors (Lipinski definition) is 0. The van der Waals surface area contributed by atoms with E-state index in [0.717, 1.165) is 34.6 Å². The van der Waals surface area contributed by atoms with Crippen molar-refractivity contribution in [1.82, 2.24) is 4.98 Å². The molecule has 0 saturated carbocycles. The molecule has 0 amide bonds. The van der Waals surface area contributed by atoms with Gasteiger partial charge in [-0.05, 0) is 35.4 Å². The van der Waals surface area contributed by atoms with Gasteiger partial charge in [-0.3, -0.25) is 0 Å². The number of para-hydroxylation sites is 2. The maximum absolute atomic E-state index is 5.05. The molecule has 0 unspecified atom stereocenters. The summed E-state index contributed by atoms with van der Waals surface area (Å²) < 4.78 is 0. The van der Waals surface area contributed by atoms with E-state index >= 15 is 0 Å². The number of anilines is 3. The topological polar surface area (TPSA) is 16.1 Å². The summed E-state index contributed by atoms with van der Waals surface area (Å²) in [6.45, 7) is 0. The number of benzene rings is 4. The molecule has 2 nitrogen and oxygen atoms in total. The Morgan fingerprint density at radius 1 is 0.500 bits per heavy atom. The van der Waals surface area contributed by atoms with Crippen LogP contribution < -0.4 is 4.90 Å². The molecule has 1 aliphatic rings. The number of nitrogens with zero attached hydrogens (tertiary/aromatic N) is 2. The van der Waals surface area contributed by atoms with Gasteiger partial charge in [0.1, 0.15) is 0 Å². The summed E-state index contributed by atoms with van der Waals surface area (Å²) in [5.41, 5.74) is 10.4. The molecule has 1 aromatic heterocycles. The van der Waals surface area contributed by atoms with Gasteiger partial charge in [0.15, 0.2) is 0 Å². The third-order valence-electron chi connectivity index (χ3n) is 6.05. The van der Waals surface area contributed by atoms with E-state index < -0.39 is 0 Å². The quantitative estimate of drug-likeness (QED) is 0.296. The van der Waals surface area contributed by atoms with Crippen molar-refractivity contribution in [1.29, 1.82) is 0 Å². The van der Waals surface area contributed by atoms with Gasteiger partial charge in [0.25, 0.3) is 0 Å². The Balaban J connectivity index is 1.61. The first-order valence-corrected chi connectivity index (χ1v) is 11.0. The molecule has 152 valence electrons. The van der Waals surface area contributed by atoms with E-state index in [1.54, 1.807) is 0 Å². The van der Waals surface area contributed by atoms with Crippen molar-refractivity contribution in [2.24, 2.45) is 0 Å². The van der Waals surface area contributed by atoms with Gasteiger partial charge in [0.05, 0.1) is 17.1 Å². The molecule has 32 heavy (non-hydrogen) atoms.